The van der Waals surface area contributed by atoms with Crippen LogP contribution < -0.4 is 10.6 Å². The lowest BCUT2D eigenvalue weighted by Gasteiger charge is -2.38. The van der Waals surface area contributed by atoms with E-state index in [1.807, 2.05) is 37.4 Å². The van der Waals surface area contributed by atoms with Gasteiger partial charge < -0.3 is 30.6 Å². The van der Waals surface area contributed by atoms with Crippen LogP contribution in [0.4, 0.5) is 0 Å². The summed E-state index contributed by atoms with van der Waals surface area (Å²) in [5, 5.41) is 28.2. The van der Waals surface area contributed by atoms with Crippen molar-refractivity contribution in [2.75, 3.05) is 6.54 Å². The first-order chi connectivity index (χ1) is 20.7. The van der Waals surface area contributed by atoms with E-state index in [-0.39, 0.29) is 35.3 Å². The maximum atomic E-state index is 12.9. The van der Waals surface area contributed by atoms with Gasteiger partial charge in [-0.3, -0.25) is 4.79 Å². The molecule has 236 valence electrons. The van der Waals surface area contributed by atoms with E-state index in [2.05, 4.69) is 48.5 Å². The molecular weight excluding hydrogens is 613 g/mol. The van der Waals surface area contributed by atoms with Crippen molar-refractivity contribution in [1.82, 2.24) is 15.6 Å². The monoisotopic (exact) mass is 655 g/mol. The normalized spacial score (nSPS) is 13.7. The zero-order valence-electron chi connectivity index (χ0n) is 26.0. The van der Waals surface area contributed by atoms with Crippen molar-refractivity contribution >= 4 is 48.3 Å². The van der Waals surface area contributed by atoms with Gasteiger partial charge in [-0.15, -0.1) is 0 Å². The van der Waals surface area contributed by atoms with Crippen molar-refractivity contribution < 1.29 is 19.8 Å². The van der Waals surface area contributed by atoms with Crippen LogP contribution in [0.5, 0.6) is 5.75 Å². The molecule has 0 saturated heterocycles. The molecule has 1 amide bonds. The number of aromatic hydroxyl groups is 1. The fourth-order valence-electron chi connectivity index (χ4n) is 5.30. The molecule has 0 fully saturated rings. The molecule has 4 rings (SSSR count). The summed E-state index contributed by atoms with van der Waals surface area (Å²) in [7, 11) is -2.46. The van der Waals surface area contributed by atoms with Crippen LogP contribution in [0.25, 0.3) is 10.9 Å². The first-order valence-electron chi connectivity index (χ1n) is 14.9. The molecule has 0 bridgehead atoms. The van der Waals surface area contributed by atoms with Crippen molar-refractivity contribution in [3.63, 3.8) is 0 Å². The molecule has 10 heteroatoms. The lowest BCUT2D eigenvalue weighted by Crippen LogP contribution is -2.41. The van der Waals surface area contributed by atoms with Gasteiger partial charge in [0.2, 0.25) is 0 Å². The number of aliphatic hydroxyl groups is 1. The summed E-state index contributed by atoms with van der Waals surface area (Å²) < 4.78 is 0. The third kappa shape index (κ3) is 8.44. The smallest absolute Gasteiger partial charge is 0.267 e. The average molecular weight is 657 g/mol. The number of hydrogen-bond acceptors (Lipinski definition) is 5. The summed E-state index contributed by atoms with van der Waals surface area (Å²) >= 11 is 12.2. The standard InChI is InChI=1S/C34H43Cl2N3O4Si/c1-21(37-19-27(17-34(2,3)44(4,5)43)23-8-11-32(41)26(14-23)20-40)12-22-6-10-30-25(13-22)15-31(39-30)33(42)38-18-24-7-9-28(35)16-29(24)36/h6-11,13-16,21,27,37,39-41,43H,12,17-20H2,1-5H3,(H,38,42)/t21-,27+/m1/s1. The Morgan fingerprint density at radius 2 is 1.77 bits per heavy atom. The van der Waals surface area contributed by atoms with Crippen LogP contribution in [-0.2, 0) is 19.6 Å². The largest absolute Gasteiger partial charge is 0.508 e. The van der Waals surface area contributed by atoms with E-state index in [4.69, 9.17) is 23.2 Å². The number of aromatic amines is 1. The molecule has 7 nitrogen and oxygen atoms in total. The number of benzene rings is 3. The van der Waals surface area contributed by atoms with Crippen molar-refractivity contribution in [2.24, 2.45) is 0 Å². The summed E-state index contributed by atoms with van der Waals surface area (Å²) in [5.41, 5.74) is 4.82. The Morgan fingerprint density at radius 1 is 1.02 bits per heavy atom. The summed E-state index contributed by atoms with van der Waals surface area (Å²) in [4.78, 5) is 27.0. The molecule has 1 aromatic heterocycles. The van der Waals surface area contributed by atoms with Crippen LogP contribution in [0, 0.1) is 0 Å². The van der Waals surface area contributed by atoms with E-state index in [1.54, 1.807) is 24.3 Å². The van der Waals surface area contributed by atoms with Crippen LogP contribution >= 0.6 is 23.2 Å². The minimum Gasteiger partial charge on any atom is -0.508 e. The van der Waals surface area contributed by atoms with Gasteiger partial charge in [0, 0.05) is 45.6 Å². The molecule has 0 aliphatic heterocycles. The Morgan fingerprint density at radius 3 is 2.45 bits per heavy atom. The summed E-state index contributed by atoms with van der Waals surface area (Å²) in [6, 6.07) is 18.8. The number of carbonyl (C=O) groups is 1. The molecule has 0 radical (unpaired) electrons. The van der Waals surface area contributed by atoms with E-state index in [0.717, 1.165) is 40.4 Å². The van der Waals surface area contributed by atoms with Crippen LogP contribution in [0.15, 0.2) is 60.7 Å². The van der Waals surface area contributed by atoms with E-state index in [0.29, 0.717) is 34.4 Å². The van der Waals surface area contributed by atoms with Gasteiger partial charge in [-0.2, -0.15) is 0 Å². The quantitative estimate of drug-likeness (QED) is 0.0847. The van der Waals surface area contributed by atoms with Crippen molar-refractivity contribution in [3.8, 4) is 5.75 Å². The Hall–Kier alpha value is -2.85. The Bertz CT molecular complexity index is 1620. The number of aliphatic hydroxyl groups excluding tert-OH is 1. The summed E-state index contributed by atoms with van der Waals surface area (Å²) in [6.07, 6.45) is 1.55. The highest BCUT2D eigenvalue weighted by Gasteiger charge is 2.40. The SMILES string of the molecule is C[C@H](Cc1ccc2[nH]c(C(=O)NCc3ccc(Cl)cc3Cl)cc2c1)NC[C@H](CC(C)(C)[Si](C)(C)O)c1ccc(O)c(CO)c1. The molecule has 3 aromatic carbocycles. The van der Waals surface area contributed by atoms with E-state index >= 15 is 0 Å². The fourth-order valence-corrected chi connectivity index (χ4v) is 6.52. The van der Waals surface area contributed by atoms with Gasteiger partial charge in [-0.25, -0.2) is 0 Å². The number of carbonyl (C=O) groups excluding carboxylic acids is 1. The molecule has 0 unspecified atom stereocenters. The number of nitrogens with one attached hydrogen (secondary N) is 3. The number of amides is 1. The third-order valence-electron chi connectivity index (χ3n) is 8.80. The van der Waals surface area contributed by atoms with E-state index < -0.39 is 8.32 Å². The topological polar surface area (TPSA) is 118 Å². The van der Waals surface area contributed by atoms with Crippen LogP contribution in [0.1, 0.15) is 65.9 Å². The first-order valence-corrected chi connectivity index (χ1v) is 18.6. The molecule has 0 aliphatic carbocycles. The van der Waals surface area contributed by atoms with Gasteiger partial charge in [0.1, 0.15) is 11.4 Å². The molecule has 2 atom stereocenters. The maximum absolute atomic E-state index is 12.9. The number of aromatic nitrogens is 1. The van der Waals surface area contributed by atoms with Crippen LogP contribution in [0.3, 0.4) is 0 Å². The molecule has 1 heterocycles. The fraction of sp³-hybridized carbons (Fsp3) is 0.382. The van der Waals surface area contributed by atoms with Gasteiger partial charge in [-0.05, 0) is 103 Å². The number of H-pyrrole nitrogens is 1. The van der Waals surface area contributed by atoms with Crippen LogP contribution in [-0.4, -0.2) is 46.8 Å². The van der Waals surface area contributed by atoms with E-state index in [9.17, 15) is 19.8 Å². The predicted octanol–water partition coefficient (Wildman–Crippen LogP) is 7.27. The van der Waals surface area contributed by atoms with Gasteiger partial charge >= 0.3 is 0 Å². The maximum Gasteiger partial charge on any atom is 0.267 e. The van der Waals surface area contributed by atoms with Crippen molar-refractivity contribution in [1.29, 1.82) is 0 Å². The number of halogens is 2. The zero-order chi connectivity index (χ0) is 32.2. The molecule has 6 N–H and O–H groups in total. The molecular formula is C34H43Cl2N3O4Si. The molecule has 44 heavy (non-hydrogen) atoms. The average Bonchev–Trinajstić information content (AvgIpc) is 3.38. The number of rotatable bonds is 13. The molecule has 0 spiro atoms. The molecule has 0 saturated carbocycles. The highest BCUT2D eigenvalue weighted by Crippen LogP contribution is 2.44. The zero-order valence-corrected chi connectivity index (χ0v) is 28.5. The van der Waals surface area contributed by atoms with Gasteiger partial charge in [-0.1, -0.05) is 55.2 Å². The molecule has 0 aliphatic rings. The second-order valence-electron chi connectivity index (χ2n) is 12.9. The minimum absolute atomic E-state index is 0.0771. The number of hydrogen-bond donors (Lipinski definition) is 6. The Balaban J connectivity index is 1.42. The summed E-state index contributed by atoms with van der Waals surface area (Å²) in [6.45, 7) is 11.1. The second-order valence-corrected chi connectivity index (χ2v) is 18.2. The summed E-state index contributed by atoms with van der Waals surface area (Å²) in [5.74, 6) is -0.0575. The van der Waals surface area contributed by atoms with Gasteiger partial charge in [0.25, 0.3) is 5.91 Å². The Labute approximate surface area is 270 Å². The lowest BCUT2D eigenvalue weighted by atomic mass is 9.88. The Kier molecular flexibility index (Phi) is 10.9. The van der Waals surface area contributed by atoms with Crippen LogP contribution in [0.2, 0.25) is 28.2 Å². The highest BCUT2D eigenvalue weighted by atomic mass is 35.5. The lowest BCUT2D eigenvalue weighted by molar-refractivity contribution is 0.0946. The van der Waals surface area contributed by atoms with Crippen molar-refractivity contribution in [3.05, 3.63) is 98.7 Å². The molecule has 4 aromatic rings. The first kappa shape index (κ1) is 34.0. The number of fused-ring (bicyclic) bond motifs is 1. The second kappa shape index (κ2) is 14.1. The third-order valence-corrected chi connectivity index (χ3v) is 12.9. The minimum atomic E-state index is -2.46. The van der Waals surface area contributed by atoms with Gasteiger partial charge in [0.15, 0.2) is 8.32 Å². The van der Waals surface area contributed by atoms with E-state index in [1.165, 1.54) is 0 Å². The number of phenols is 1. The predicted molar refractivity (Wildman–Crippen MR) is 182 cm³/mol. The highest BCUT2D eigenvalue weighted by molar-refractivity contribution is 6.72. The van der Waals surface area contributed by atoms with Crippen molar-refractivity contribution in [2.45, 2.75) is 76.9 Å². The van der Waals surface area contributed by atoms with Gasteiger partial charge in [0.05, 0.1) is 6.61 Å².